The number of rotatable bonds is 16. The van der Waals surface area contributed by atoms with Crippen molar-refractivity contribution >= 4 is 23.8 Å². The number of carboxylic acid groups (broad SMARTS) is 2. The van der Waals surface area contributed by atoms with Gasteiger partial charge in [0, 0.05) is 26.2 Å². The van der Waals surface area contributed by atoms with E-state index in [0.717, 1.165) is 48.3 Å². The Morgan fingerprint density at radius 2 is 0.900 bits per heavy atom. The summed E-state index contributed by atoms with van der Waals surface area (Å²) in [6, 6.07) is 15.2. The van der Waals surface area contributed by atoms with Crippen LogP contribution in [0.15, 0.2) is 48.5 Å². The average molecular weight is 691 g/mol. The Bertz CT molecular complexity index is 1320. The van der Waals surface area contributed by atoms with Crippen LogP contribution in [0, 0.1) is 23.7 Å². The molecule has 3 fully saturated rings. The number of amides is 2. The first-order valence-electron chi connectivity index (χ1n) is 18.7. The molecule has 3 aliphatic rings. The molecule has 272 valence electrons. The SMILES string of the molecule is CCCN(Cc1ccc(OC2CCCCC2)cc1)C(=O)C1C(C(=O)O)[C@H](C(=O)O)[C@@H]1C(=O)N(CCC)Cc1ccc(OC2CCCCC2)cc1. The van der Waals surface area contributed by atoms with Gasteiger partial charge in [0.2, 0.25) is 11.8 Å². The lowest BCUT2D eigenvalue weighted by Gasteiger charge is -2.48. The van der Waals surface area contributed by atoms with Gasteiger partial charge in [0.15, 0.2) is 0 Å². The van der Waals surface area contributed by atoms with Crippen LogP contribution in [-0.4, -0.2) is 69.1 Å². The molecular weight excluding hydrogens is 636 g/mol. The van der Waals surface area contributed by atoms with E-state index in [1.54, 1.807) is 9.80 Å². The van der Waals surface area contributed by atoms with Crippen molar-refractivity contribution in [3.05, 3.63) is 59.7 Å². The minimum absolute atomic E-state index is 0.211. The molecule has 0 aliphatic heterocycles. The van der Waals surface area contributed by atoms with Crippen LogP contribution in [0.5, 0.6) is 11.5 Å². The summed E-state index contributed by atoms with van der Waals surface area (Å²) in [5.41, 5.74) is 1.69. The first-order valence-corrected chi connectivity index (χ1v) is 18.7. The van der Waals surface area contributed by atoms with Crippen LogP contribution in [0.25, 0.3) is 0 Å². The van der Waals surface area contributed by atoms with Gasteiger partial charge in [-0.2, -0.15) is 0 Å². The number of carbonyl (C=O) groups excluding carboxylic acids is 2. The van der Waals surface area contributed by atoms with Crippen molar-refractivity contribution in [1.29, 1.82) is 0 Å². The van der Waals surface area contributed by atoms with E-state index in [-0.39, 0.29) is 25.3 Å². The molecule has 3 saturated carbocycles. The van der Waals surface area contributed by atoms with Crippen LogP contribution >= 0.6 is 0 Å². The Morgan fingerprint density at radius 1 is 0.560 bits per heavy atom. The van der Waals surface area contributed by atoms with Gasteiger partial charge in [0.05, 0.1) is 35.9 Å². The highest BCUT2D eigenvalue weighted by Crippen LogP contribution is 2.49. The van der Waals surface area contributed by atoms with Gasteiger partial charge in [-0.3, -0.25) is 19.2 Å². The van der Waals surface area contributed by atoms with Gasteiger partial charge in [-0.25, -0.2) is 0 Å². The summed E-state index contributed by atoms with van der Waals surface area (Å²) in [6.45, 7) is 4.96. The molecule has 0 aromatic heterocycles. The molecule has 10 nitrogen and oxygen atoms in total. The van der Waals surface area contributed by atoms with Crippen molar-refractivity contribution in [2.24, 2.45) is 23.7 Å². The van der Waals surface area contributed by atoms with E-state index in [4.69, 9.17) is 9.47 Å². The quantitative estimate of drug-likeness (QED) is 0.194. The van der Waals surface area contributed by atoms with Crippen LogP contribution in [-0.2, 0) is 32.3 Å². The average Bonchev–Trinajstić information content (AvgIpc) is 3.09. The van der Waals surface area contributed by atoms with E-state index in [9.17, 15) is 29.4 Å². The lowest BCUT2D eigenvalue weighted by atomic mass is 9.55. The first kappa shape index (κ1) is 37.2. The number of hydrogen-bond acceptors (Lipinski definition) is 6. The number of carbonyl (C=O) groups is 4. The van der Waals surface area contributed by atoms with Gasteiger partial charge in [-0.15, -0.1) is 0 Å². The highest BCUT2D eigenvalue weighted by atomic mass is 16.5. The van der Waals surface area contributed by atoms with E-state index in [2.05, 4.69) is 0 Å². The fraction of sp³-hybridized carbons (Fsp3) is 0.600. The summed E-state index contributed by atoms with van der Waals surface area (Å²) < 4.78 is 12.3. The second-order valence-corrected chi connectivity index (χ2v) is 14.3. The minimum atomic E-state index is -1.50. The summed E-state index contributed by atoms with van der Waals surface area (Å²) in [6.07, 6.45) is 13.0. The maximum atomic E-state index is 14.2. The Balaban J connectivity index is 1.31. The van der Waals surface area contributed by atoms with Gasteiger partial charge >= 0.3 is 11.9 Å². The molecule has 3 aliphatic carbocycles. The zero-order valence-electron chi connectivity index (χ0n) is 29.6. The molecule has 10 heteroatoms. The topological polar surface area (TPSA) is 134 Å². The van der Waals surface area contributed by atoms with Crippen LogP contribution in [0.2, 0.25) is 0 Å². The molecule has 0 spiro atoms. The molecule has 2 amide bonds. The fourth-order valence-electron chi connectivity index (χ4n) is 8.01. The molecule has 4 atom stereocenters. The summed E-state index contributed by atoms with van der Waals surface area (Å²) in [5.74, 6) is -7.78. The van der Waals surface area contributed by atoms with E-state index in [0.29, 0.717) is 25.9 Å². The smallest absolute Gasteiger partial charge is 0.308 e. The summed E-state index contributed by atoms with van der Waals surface area (Å²) in [4.78, 5) is 56.6. The highest BCUT2D eigenvalue weighted by molar-refractivity contribution is 5.99. The zero-order valence-corrected chi connectivity index (χ0v) is 29.6. The van der Waals surface area contributed by atoms with Gasteiger partial charge in [0.25, 0.3) is 0 Å². The molecule has 50 heavy (non-hydrogen) atoms. The maximum absolute atomic E-state index is 14.2. The van der Waals surface area contributed by atoms with Crippen LogP contribution in [0.4, 0.5) is 0 Å². The second-order valence-electron chi connectivity index (χ2n) is 14.3. The third kappa shape index (κ3) is 9.17. The predicted octanol–water partition coefficient (Wildman–Crippen LogP) is 6.93. The molecule has 2 N–H and O–H groups in total. The van der Waals surface area contributed by atoms with Crippen molar-refractivity contribution in [3.63, 3.8) is 0 Å². The number of carboxylic acids is 2. The Morgan fingerprint density at radius 3 is 1.20 bits per heavy atom. The molecule has 2 aromatic carbocycles. The molecule has 0 heterocycles. The molecule has 5 rings (SSSR count). The van der Waals surface area contributed by atoms with Crippen molar-refractivity contribution in [2.75, 3.05) is 13.1 Å². The molecular formula is C40H54N2O8. The number of nitrogens with zero attached hydrogens (tertiary/aromatic N) is 2. The Hall–Kier alpha value is -4.08. The second kappa shape index (κ2) is 17.7. The first-order chi connectivity index (χ1) is 24.2. The molecule has 2 unspecified atom stereocenters. The van der Waals surface area contributed by atoms with Crippen molar-refractivity contribution in [1.82, 2.24) is 9.80 Å². The van der Waals surface area contributed by atoms with E-state index in [1.165, 1.54) is 38.5 Å². The molecule has 2 aromatic rings. The molecule has 0 bridgehead atoms. The van der Waals surface area contributed by atoms with E-state index < -0.39 is 47.4 Å². The fourth-order valence-corrected chi connectivity index (χ4v) is 8.01. The van der Waals surface area contributed by atoms with Gasteiger partial charge in [-0.1, -0.05) is 51.0 Å². The van der Waals surface area contributed by atoms with E-state index >= 15 is 0 Å². The normalized spacial score (nSPS) is 22.6. The van der Waals surface area contributed by atoms with Crippen molar-refractivity contribution in [2.45, 2.75) is 116 Å². The van der Waals surface area contributed by atoms with Gasteiger partial charge < -0.3 is 29.5 Å². The third-order valence-electron chi connectivity index (χ3n) is 10.6. The summed E-state index contributed by atoms with van der Waals surface area (Å²) >= 11 is 0. The number of aliphatic carboxylic acids is 2. The maximum Gasteiger partial charge on any atom is 0.308 e. The van der Waals surface area contributed by atoms with Crippen LogP contribution in [0.1, 0.15) is 102 Å². The standard InChI is InChI=1S/C40H54N2O8/c1-3-23-41(25-27-15-19-31(20-16-27)49-29-11-7-5-8-12-29)37(43)33-34(36(40(47)48)35(33)39(45)46)38(44)42(24-4-2)26-28-17-21-32(22-18-28)50-30-13-9-6-10-14-30/h15-22,29-30,33-36H,3-14,23-26H2,1-2H3,(H,45,46)(H,47,48)/t33-,34?,35-,36?/m1/s1. The molecule has 0 saturated heterocycles. The lowest BCUT2D eigenvalue weighted by Crippen LogP contribution is -2.64. The number of benzene rings is 2. The highest BCUT2D eigenvalue weighted by Gasteiger charge is 2.64. The Labute approximate surface area is 296 Å². The van der Waals surface area contributed by atoms with Crippen LogP contribution < -0.4 is 9.47 Å². The number of ether oxygens (including phenoxy) is 2. The summed E-state index contributed by atoms with van der Waals surface area (Å²) in [5, 5.41) is 20.3. The lowest BCUT2D eigenvalue weighted by molar-refractivity contribution is -0.187. The summed E-state index contributed by atoms with van der Waals surface area (Å²) in [7, 11) is 0. The third-order valence-corrected chi connectivity index (χ3v) is 10.6. The van der Waals surface area contributed by atoms with Crippen LogP contribution in [0.3, 0.4) is 0 Å². The monoisotopic (exact) mass is 690 g/mol. The van der Waals surface area contributed by atoms with Gasteiger partial charge in [0.1, 0.15) is 11.5 Å². The van der Waals surface area contributed by atoms with Crippen molar-refractivity contribution in [3.8, 4) is 11.5 Å². The largest absolute Gasteiger partial charge is 0.490 e. The zero-order chi connectivity index (χ0) is 35.6. The van der Waals surface area contributed by atoms with Gasteiger partial charge in [-0.05, 0) is 99.6 Å². The minimum Gasteiger partial charge on any atom is -0.490 e. The van der Waals surface area contributed by atoms with E-state index in [1.807, 2.05) is 62.4 Å². The van der Waals surface area contributed by atoms with Crippen molar-refractivity contribution < 1.29 is 38.9 Å². The Kier molecular flexibility index (Phi) is 13.2. The number of hydrogen-bond donors (Lipinski definition) is 2. The molecule has 0 radical (unpaired) electrons. The predicted molar refractivity (Wildman–Crippen MR) is 189 cm³/mol.